The molecule has 0 spiro atoms. The van der Waals surface area contributed by atoms with Crippen molar-refractivity contribution in [3.8, 4) is 0 Å². The number of nitrogens with one attached hydrogen (secondary N) is 2. The lowest BCUT2D eigenvalue weighted by molar-refractivity contribution is 0.0947. The molecule has 116 valence electrons. The van der Waals surface area contributed by atoms with Gasteiger partial charge >= 0.3 is 0 Å². The van der Waals surface area contributed by atoms with Gasteiger partial charge in [-0.25, -0.2) is 9.97 Å². The van der Waals surface area contributed by atoms with Crippen LogP contribution in [0.15, 0.2) is 36.7 Å². The molecule has 22 heavy (non-hydrogen) atoms. The molecule has 0 unspecified atom stereocenters. The number of hydrogen-bond donors (Lipinski definition) is 2. The highest BCUT2D eigenvalue weighted by Gasteiger charge is 2.07. The molecule has 0 radical (unpaired) electrons. The number of aryl methyl sites for hydroxylation is 1. The second-order valence-corrected chi connectivity index (χ2v) is 5.24. The summed E-state index contributed by atoms with van der Waals surface area (Å²) in [6, 6.07) is 7.99. The lowest BCUT2D eigenvalue weighted by Crippen LogP contribution is -2.25. The number of benzene rings is 1. The molecule has 2 N–H and O–H groups in total. The number of carbonyl (C=O) groups is 1. The zero-order valence-corrected chi connectivity index (χ0v) is 13.1. The fraction of sp³-hybridized carbons (Fsp3) is 0.353. The standard InChI is InChI=1S/C17H22N4O/c1-3-4-5-9-18-17(22)15-11-20-16(12-19-15)21-14-8-6-7-13(2)10-14/h6-8,10-12H,3-5,9H2,1-2H3,(H,18,22)(H,20,21). The highest BCUT2D eigenvalue weighted by Crippen LogP contribution is 2.14. The predicted octanol–water partition coefficient (Wildman–Crippen LogP) is 3.45. The second kappa shape index (κ2) is 8.12. The van der Waals surface area contributed by atoms with Gasteiger partial charge in [0.2, 0.25) is 0 Å². The number of amides is 1. The molecule has 0 bridgehead atoms. The molecule has 0 aliphatic heterocycles. The Balaban J connectivity index is 1.91. The molecule has 5 nitrogen and oxygen atoms in total. The van der Waals surface area contributed by atoms with Gasteiger partial charge in [-0.3, -0.25) is 4.79 Å². The van der Waals surface area contributed by atoms with E-state index in [9.17, 15) is 4.79 Å². The summed E-state index contributed by atoms with van der Waals surface area (Å²) in [5.74, 6) is 0.443. The van der Waals surface area contributed by atoms with Crippen LogP contribution in [0.2, 0.25) is 0 Å². The summed E-state index contributed by atoms with van der Waals surface area (Å²) in [6.07, 6.45) is 6.31. The lowest BCUT2D eigenvalue weighted by Gasteiger charge is -2.07. The number of rotatable bonds is 7. The van der Waals surface area contributed by atoms with Crippen molar-refractivity contribution in [2.75, 3.05) is 11.9 Å². The fourth-order valence-corrected chi connectivity index (χ4v) is 2.05. The SMILES string of the molecule is CCCCCNC(=O)c1cnc(Nc2cccc(C)c2)cn1. The maximum atomic E-state index is 11.9. The Morgan fingerprint density at radius 2 is 2.05 bits per heavy atom. The summed E-state index contributed by atoms with van der Waals surface area (Å²) < 4.78 is 0. The van der Waals surface area contributed by atoms with Gasteiger partial charge in [0.05, 0.1) is 12.4 Å². The van der Waals surface area contributed by atoms with Gasteiger partial charge in [-0.05, 0) is 31.0 Å². The van der Waals surface area contributed by atoms with Crippen LogP contribution < -0.4 is 10.6 Å². The van der Waals surface area contributed by atoms with E-state index in [1.807, 2.05) is 31.2 Å². The first-order valence-corrected chi connectivity index (χ1v) is 7.63. The van der Waals surface area contributed by atoms with E-state index in [4.69, 9.17) is 0 Å². The molecule has 2 aromatic rings. The van der Waals surface area contributed by atoms with Crippen molar-refractivity contribution in [2.24, 2.45) is 0 Å². The topological polar surface area (TPSA) is 66.9 Å². The monoisotopic (exact) mass is 298 g/mol. The van der Waals surface area contributed by atoms with Gasteiger partial charge in [0.15, 0.2) is 0 Å². The van der Waals surface area contributed by atoms with Crippen molar-refractivity contribution >= 4 is 17.4 Å². The molecule has 0 aliphatic rings. The van der Waals surface area contributed by atoms with E-state index in [1.54, 1.807) is 6.20 Å². The van der Waals surface area contributed by atoms with Crippen molar-refractivity contribution in [2.45, 2.75) is 33.1 Å². The Bertz CT molecular complexity index is 610. The Morgan fingerprint density at radius 3 is 2.73 bits per heavy atom. The van der Waals surface area contributed by atoms with Crippen LogP contribution >= 0.6 is 0 Å². The van der Waals surface area contributed by atoms with Crippen molar-refractivity contribution in [3.63, 3.8) is 0 Å². The highest BCUT2D eigenvalue weighted by molar-refractivity contribution is 5.92. The summed E-state index contributed by atoms with van der Waals surface area (Å²) in [7, 11) is 0. The summed E-state index contributed by atoms with van der Waals surface area (Å²) >= 11 is 0. The number of aromatic nitrogens is 2. The molecular weight excluding hydrogens is 276 g/mol. The largest absolute Gasteiger partial charge is 0.351 e. The number of nitrogens with zero attached hydrogens (tertiary/aromatic N) is 2. The zero-order valence-electron chi connectivity index (χ0n) is 13.1. The second-order valence-electron chi connectivity index (χ2n) is 5.24. The molecule has 1 aromatic carbocycles. The smallest absolute Gasteiger partial charge is 0.271 e. The van der Waals surface area contributed by atoms with E-state index < -0.39 is 0 Å². The Morgan fingerprint density at radius 1 is 1.18 bits per heavy atom. The molecule has 0 saturated carbocycles. The van der Waals surface area contributed by atoms with Crippen LogP contribution in [-0.4, -0.2) is 22.4 Å². The third-order valence-electron chi connectivity index (χ3n) is 3.24. The van der Waals surface area contributed by atoms with Crippen LogP contribution in [0.5, 0.6) is 0 Å². The van der Waals surface area contributed by atoms with Gasteiger partial charge in [-0.15, -0.1) is 0 Å². The molecule has 0 saturated heterocycles. The molecule has 1 aromatic heterocycles. The molecule has 1 amide bonds. The third-order valence-corrected chi connectivity index (χ3v) is 3.24. The van der Waals surface area contributed by atoms with E-state index in [-0.39, 0.29) is 5.91 Å². The lowest BCUT2D eigenvalue weighted by atomic mass is 10.2. The van der Waals surface area contributed by atoms with Gasteiger partial charge in [0.1, 0.15) is 11.5 Å². The van der Waals surface area contributed by atoms with Crippen LogP contribution in [0.25, 0.3) is 0 Å². The summed E-state index contributed by atoms with van der Waals surface area (Å²) in [4.78, 5) is 20.3. The zero-order chi connectivity index (χ0) is 15.8. The number of unbranched alkanes of at least 4 members (excludes halogenated alkanes) is 2. The molecule has 0 fully saturated rings. The summed E-state index contributed by atoms with van der Waals surface area (Å²) in [5.41, 5.74) is 2.46. The number of hydrogen-bond acceptors (Lipinski definition) is 4. The highest BCUT2D eigenvalue weighted by atomic mass is 16.1. The Kier molecular flexibility index (Phi) is 5.89. The molecule has 0 atom stereocenters. The van der Waals surface area contributed by atoms with Crippen LogP contribution in [0.1, 0.15) is 42.2 Å². The van der Waals surface area contributed by atoms with Gasteiger partial charge < -0.3 is 10.6 Å². The third kappa shape index (κ3) is 4.84. The predicted molar refractivity (Wildman–Crippen MR) is 88.4 cm³/mol. The normalized spacial score (nSPS) is 10.3. The molecule has 0 aliphatic carbocycles. The van der Waals surface area contributed by atoms with Gasteiger partial charge in [0, 0.05) is 12.2 Å². The number of carbonyl (C=O) groups excluding carboxylic acids is 1. The Labute approximate surface area is 131 Å². The van der Waals surface area contributed by atoms with Crippen molar-refractivity contribution in [3.05, 3.63) is 47.9 Å². The molecular formula is C17H22N4O. The Hall–Kier alpha value is -2.43. The van der Waals surface area contributed by atoms with Gasteiger partial charge in [-0.2, -0.15) is 0 Å². The van der Waals surface area contributed by atoms with Crippen LogP contribution in [-0.2, 0) is 0 Å². The minimum absolute atomic E-state index is 0.175. The number of anilines is 2. The van der Waals surface area contributed by atoms with Gasteiger partial charge in [-0.1, -0.05) is 31.9 Å². The average molecular weight is 298 g/mol. The fourth-order valence-electron chi connectivity index (χ4n) is 2.05. The molecule has 5 heteroatoms. The summed E-state index contributed by atoms with van der Waals surface area (Å²) in [6.45, 7) is 4.84. The van der Waals surface area contributed by atoms with E-state index in [0.29, 0.717) is 18.1 Å². The van der Waals surface area contributed by atoms with Crippen molar-refractivity contribution < 1.29 is 4.79 Å². The first-order valence-electron chi connectivity index (χ1n) is 7.63. The van der Waals surface area contributed by atoms with Crippen molar-refractivity contribution in [1.82, 2.24) is 15.3 Å². The van der Waals surface area contributed by atoms with E-state index in [1.165, 1.54) is 11.8 Å². The first-order chi connectivity index (χ1) is 10.7. The van der Waals surface area contributed by atoms with Gasteiger partial charge in [0.25, 0.3) is 5.91 Å². The van der Waals surface area contributed by atoms with Crippen LogP contribution in [0.4, 0.5) is 11.5 Å². The van der Waals surface area contributed by atoms with Crippen LogP contribution in [0.3, 0.4) is 0 Å². The minimum Gasteiger partial charge on any atom is -0.351 e. The molecule has 2 rings (SSSR count). The quantitative estimate of drug-likeness (QED) is 0.768. The van der Waals surface area contributed by atoms with E-state index >= 15 is 0 Å². The maximum Gasteiger partial charge on any atom is 0.271 e. The van der Waals surface area contributed by atoms with E-state index in [0.717, 1.165) is 24.9 Å². The van der Waals surface area contributed by atoms with E-state index in [2.05, 4.69) is 27.5 Å². The molecule has 1 heterocycles. The first kappa shape index (κ1) is 15.9. The average Bonchev–Trinajstić information content (AvgIpc) is 2.52. The minimum atomic E-state index is -0.175. The van der Waals surface area contributed by atoms with Crippen LogP contribution in [0, 0.1) is 6.92 Å². The summed E-state index contributed by atoms with van der Waals surface area (Å²) in [5, 5.41) is 6.01. The maximum absolute atomic E-state index is 11.9. The van der Waals surface area contributed by atoms with Crippen molar-refractivity contribution in [1.29, 1.82) is 0 Å².